The minimum absolute atomic E-state index is 0.0743. The van der Waals surface area contributed by atoms with Crippen LogP contribution in [0.25, 0.3) is 17.0 Å². The van der Waals surface area contributed by atoms with Crippen LogP contribution < -0.4 is 10.5 Å². The van der Waals surface area contributed by atoms with Gasteiger partial charge in [0, 0.05) is 29.5 Å². The van der Waals surface area contributed by atoms with E-state index in [1.807, 2.05) is 25.3 Å². The molecule has 4 nitrogen and oxygen atoms in total. The van der Waals surface area contributed by atoms with E-state index in [0.29, 0.717) is 5.58 Å². The minimum atomic E-state index is -0.432. The van der Waals surface area contributed by atoms with Crippen LogP contribution in [0, 0.1) is 0 Å². The average molecular weight is 323 g/mol. The Morgan fingerprint density at radius 2 is 2.00 bits per heavy atom. The molecule has 0 radical (unpaired) electrons. The van der Waals surface area contributed by atoms with Crippen molar-refractivity contribution in [1.82, 2.24) is 0 Å². The first-order valence-corrected chi connectivity index (χ1v) is 7.93. The highest BCUT2D eigenvalue weighted by Crippen LogP contribution is 2.45. The van der Waals surface area contributed by atoms with Crippen molar-refractivity contribution < 1.29 is 9.52 Å². The van der Waals surface area contributed by atoms with Crippen molar-refractivity contribution >= 4 is 34.5 Å². The number of thioether (sulfide) groups is 1. The molecular weight excluding hydrogens is 310 g/mol. The van der Waals surface area contributed by atoms with E-state index in [1.165, 1.54) is 17.0 Å². The maximum atomic E-state index is 11.8. The summed E-state index contributed by atoms with van der Waals surface area (Å²) in [6.07, 6.45) is 1.97. The van der Waals surface area contributed by atoms with E-state index in [1.54, 1.807) is 23.9 Å². The van der Waals surface area contributed by atoms with Gasteiger partial charge in [0.05, 0.1) is 10.7 Å². The van der Waals surface area contributed by atoms with Gasteiger partial charge in [-0.3, -0.25) is 0 Å². The van der Waals surface area contributed by atoms with Crippen LogP contribution in [0.5, 0.6) is 5.75 Å². The molecule has 23 heavy (non-hydrogen) atoms. The van der Waals surface area contributed by atoms with Crippen LogP contribution in [0.2, 0.25) is 0 Å². The summed E-state index contributed by atoms with van der Waals surface area (Å²) < 4.78 is 5.17. The second-order valence-electron chi connectivity index (χ2n) is 5.31. The Hall–Kier alpha value is -2.66. The Morgan fingerprint density at radius 1 is 1.17 bits per heavy atom. The number of hydrogen-bond donors (Lipinski definition) is 1. The number of anilines is 1. The molecule has 2 heterocycles. The average Bonchev–Trinajstić information content (AvgIpc) is 2.83. The molecule has 4 rings (SSSR count). The molecule has 0 amide bonds. The maximum Gasteiger partial charge on any atom is 0.336 e. The van der Waals surface area contributed by atoms with E-state index >= 15 is 0 Å². The summed E-state index contributed by atoms with van der Waals surface area (Å²) in [6.45, 7) is 0. The molecule has 2 aromatic carbocycles. The molecule has 0 bridgehead atoms. The summed E-state index contributed by atoms with van der Waals surface area (Å²) in [7, 11) is 2.00. The van der Waals surface area contributed by atoms with E-state index in [-0.39, 0.29) is 5.75 Å². The van der Waals surface area contributed by atoms with Gasteiger partial charge in [-0.05, 0) is 35.9 Å². The molecule has 1 N–H and O–H groups in total. The van der Waals surface area contributed by atoms with Gasteiger partial charge in [0.25, 0.3) is 0 Å². The van der Waals surface area contributed by atoms with Crippen LogP contribution in [0.3, 0.4) is 0 Å². The first kappa shape index (κ1) is 14.0. The van der Waals surface area contributed by atoms with Gasteiger partial charge >= 0.3 is 5.63 Å². The zero-order valence-corrected chi connectivity index (χ0v) is 13.1. The molecule has 0 aliphatic carbocycles. The standard InChI is InChI=1S/C18H13NO3S/c1-19-14-4-2-3-5-16(14)23-17(19)8-11-9-18(21)22-15-10-12(20)6-7-13(11)15/h2-10,20H,1H3. The number of aromatic hydroxyl groups is 1. The Morgan fingerprint density at radius 3 is 2.83 bits per heavy atom. The van der Waals surface area contributed by atoms with Crippen LogP contribution in [-0.4, -0.2) is 12.2 Å². The predicted octanol–water partition coefficient (Wildman–Crippen LogP) is 4.04. The number of phenolic OH excluding ortho intramolecular Hbond substituents is 1. The largest absolute Gasteiger partial charge is 0.508 e. The highest BCUT2D eigenvalue weighted by atomic mass is 32.2. The molecule has 1 aromatic heterocycles. The highest BCUT2D eigenvalue weighted by molar-refractivity contribution is 8.03. The summed E-state index contributed by atoms with van der Waals surface area (Å²) in [5, 5.41) is 11.4. The Kier molecular flexibility index (Phi) is 3.16. The van der Waals surface area contributed by atoms with Crippen molar-refractivity contribution in [2.75, 3.05) is 11.9 Å². The van der Waals surface area contributed by atoms with E-state index in [0.717, 1.165) is 21.7 Å². The molecule has 114 valence electrons. The van der Waals surface area contributed by atoms with Gasteiger partial charge in [-0.1, -0.05) is 23.9 Å². The molecule has 0 fully saturated rings. The number of nitrogens with zero attached hydrogens (tertiary/aromatic N) is 1. The molecule has 0 saturated carbocycles. The van der Waals surface area contributed by atoms with Crippen molar-refractivity contribution in [3.63, 3.8) is 0 Å². The number of hydrogen-bond acceptors (Lipinski definition) is 5. The molecule has 0 saturated heterocycles. The van der Waals surface area contributed by atoms with Crippen molar-refractivity contribution in [1.29, 1.82) is 0 Å². The van der Waals surface area contributed by atoms with E-state index in [4.69, 9.17) is 4.42 Å². The van der Waals surface area contributed by atoms with Crippen LogP contribution in [0.1, 0.15) is 5.56 Å². The van der Waals surface area contributed by atoms with Crippen molar-refractivity contribution in [2.24, 2.45) is 0 Å². The number of rotatable bonds is 1. The molecular formula is C18H13NO3S. The zero-order valence-electron chi connectivity index (χ0n) is 12.3. The first-order valence-electron chi connectivity index (χ1n) is 7.11. The lowest BCUT2D eigenvalue weighted by atomic mass is 10.1. The zero-order chi connectivity index (χ0) is 16.0. The molecule has 0 unspecified atom stereocenters. The lowest BCUT2D eigenvalue weighted by Gasteiger charge is -2.13. The van der Waals surface area contributed by atoms with Crippen molar-refractivity contribution in [3.05, 3.63) is 69.5 Å². The van der Waals surface area contributed by atoms with Crippen LogP contribution >= 0.6 is 11.8 Å². The normalized spacial score (nSPS) is 15.3. The third-order valence-corrected chi connectivity index (χ3v) is 4.98. The molecule has 5 heteroatoms. The number of para-hydroxylation sites is 1. The first-order chi connectivity index (χ1) is 11.1. The number of fused-ring (bicyclic) bond motifs is 2. The molecule has 3 aromatic rings. The second-order valence-corrected chi connectivity index (χ2v) is 6.37. The van der Waals surface area contributed by atoms with E-state index < -0.39 is 5.63 Å². The van der Waals surface area contributed by atoms with Crippen LogP contribution in [0.15, 0.2) is 67.7 Å². The quantitative estimate of drug-likeness (QED) is 0.685. The fraction of sp³-hybridized carbons (Fsp3) is 0.0556. The van der Waals surface area contributed by atoms with E-state index in [2.05, 4.69) is 17.0 Å². The van der Waals surface area contributed by atoms with Gasteiger partial charge in [0.2, 0.25) is 0 Å². The summed E-state index contributed by atoms with van der Waals surface area (Å²) in [5.41, 5.74) is 1.87. The molecule has 0 atom stereocenters. The fourth-order valence-electron chi connectivity index (χ4n) is 2.68. The smallest absolute Gasteiger partial charge is 0.336 e. The predicted molar refractivity (Wildman–Crippen MR) is 92.8 cm³/mol. The minimum Gasteiger partial charge on any atom is -0.508 e. The summed E-state index contributed by atoms with van der Waals surface area (Å²) in [6, 6.07) is 14.4. The lowest BCUT2D eigenvalue weighted by molar-refractivity contribution is 0.473. The van der Waals surface area contributed by atoms with Crippen molar-refractivity contribution in [2.45, 2.75) is 4.90 Å². The van der Waals surface area contributed by atoms with Gasteiger partial charge in [0.1, 0.15) is 11.3 Å². The molecule has 1 aliphatic heterocycles. The number of benzene rings is 2. The fourth-order valence-corrected chi connectivity index (χ4v) is 3.78. The van der Waals surface area contributed by atoms with Crippen LogP contribution in [0.4, 0.5) is 5.69 Å². The Bertz CT molecular complexity index is 1010. The van der Waals surface area contributed by atoms with Gasteiger partial charge in [-0.25, -0.2) is 4.79 Å². The van der Waals surface area contributed by atoms with Crippen molar-refractivity contribution in [3.8, 4) is 5.75 Å². The van der Waals surface area contributed by atoms with Gasteiger partial charge < -0.3 is 14.4 Å². The third-order valence-electron chi connectivity index (χ3n) is 3.81. The SMILES string of the molecule is CN1C(=Cc2cc(=O)oc3cc(O)ccc23)Sc2ccccc21. The van der Waals surface area contributed by atoms with Gasteiger partial charge in [-0.2, -0.15) is 0 Å². The lowest BCUT2D eigenvalue weighted by Crippen LogP contribution is -2.09. The molecule has 1 aliphatic rings. The molecule has 0 spiro atoms. The number of phenols is 1. The Balaban J connectivity index is 1.87. The maximum absolute atomic E-state index is 11.8. The van der Waals surface area contributed by atoms with E-state index in [9.17, 15) is 9.90 Å². The third kappa shape index (κ3) is 2.39. The summed E-state index contributed by atoms with van der Waals surface area (Å²) in [5.74, 6) is 0.0743. The summed E-state index contributed by atoms with van der Waals surface area (Å²) in [4.78, 5) is 15.1. The second kappa shape index (κ2) is 5.21. The Labute approximate surface area is 136 Å². The topological polar surface area (TPSA) is 53.7 Å². The van der Waals surface area contributed by atoms with Gasteiger partial charge in [0.15, 0.2) is 0 Å². The summed E-state index contributed by atoms with van der Waals surface area (Å²) >= 11 is 1.66. The van der Waals surface area contributed by atoms with Gasteiger partial charge in [-0.15, -0.1) is 0 Å². The highest BCUT2D eigenvalue weighted by Gasteiger charge is 2.21. The monoisotopic (exact) mass is 323 g/mol. The van der Waals surface area contributed by atoms with Crippen LogP contribution in [-0.2, 0) is 0 Å².